The summed E-state index contributed by atoms with van der Waals surface area (Å²) in [6.45, 7) is 7.77. The Labute approximate surface area is 199 Å². The largest absolute Gasteiger partial charge is 0.472 e. The molecule has 2 saturated carbocycles. The summed E-state index contributed by atoms with van der Waals surface area (Å²) in [5, 5.41) is 0. The van der Waals surface area contributed by atoms with Crippen molar-refractivity contribution >= 4 is 23.5 Å². The minimum Gasteiger partial charge on any atom is -0.472 e. The molecule has 7 nitrogen and oxygen atoms in total. The van der Waals surface area contributed by atoms with E-state index in [9.17, 15) is 19.2 Å². The number of furan rings is 1. The second-order valence-electron chi connectivity index (χ2n) is 11.4. The molecular formula is C27H32O7. The Balaban J connectivity index is 1.68. The molecule has 182 valence electrons. The van der Waals surface area contributed by atoms with E-state index in [1.165, 1.54) is 7.11 Å². The molecule has 6 atom stereocenters. The lowest BCUT2D eigenvalue weighted by atomic mass is 9.41. The number of hydrogen-bond acceptors (Lipinski definition) is 7. The van der Waals surface area contributed by atoms with E-state index in [1.807, 2.05) is 26.8 Å². The molecule has 0 radical (unpaired) electrons. The maximum atomic E-state index is 13.8. The Morgan fingerprint density at radius 3 is 2.53 bits per heavy atom. The van der Waals surface area contributed by atoms with Crippen LogP contribution in [0, 0.1) is 34.0 Å². The molecule has 3 aliphatic carbocycles. The number of ether oxygens (including phenoxy) is 2. The molecule has 0 aromatic carbocycles. The standard InChI is InChI=1S/C27H32O7/c1-25(2)19(12-20(28)32-5)27(4)17-6-8-26(3)18(15(17)10-16(22(25)30)23(27)31)11-21(29)34-24(26)14-7-9-33-13-14/h7,9,13,16-17,19,24H,6,8,10-12H2,1-5H3/t16-,17-,19+,24-,26+,27+/m0/s1. The maximum absolute atomic E-state index is 13.8. The van der Waals surface area contributed by atoms with Crippen molar-refractivity contribution in [2.45, 2.75) is 65.9 Å². The van der Waals surface area contributed by atoms with Gasteiger partial charge in [-0.2, -0.15) is 0 Å². The van der Waals surface area contributed by atoms with Gasteiger partial charge in [-0.25, -0.2) is 0 Å². The Hall–Kier alpha value is -2.70. The molecule has 0 amide bonds. The van der Waals surface area contributed by atoms with Crippen molar-refractivity contribution in [2.24, 2.45) is 34.0 Å². The summed E-state index contributed by atoms with van der Waals surface area (Å²) < 4.78 is 16.1. The second kappa shape index (κ2) is 7.40. The molecule has 1 aromatic rings. The van der Waals surface area contributed by atoms with Crippen molar-refractivity contribution in [1.82, 2.24) is 0 Å². The van der Waals surface area contributed by atoms with E-state index in [1.54, 1.807) is 12.5 Å². The fourth-order valence-corrected chi connectivity index (χ4v) is 7.76. The smallest absolute Gasteiger partial charge is 0.310 e. The van der Waals surface area contributed by atoms with Crippen molar-refractivity contribution in [3.63, 3.8) is 0 Å². The van der Waals surface area contributed by atoms with Crippen molar-refractivity contribution in [3.8, 4) is 0 Å². The van der Waals surface area contributed by atoms with E-state index >= 15 is 0 Å². The van der Waals surface area contributed by atoms with Crippen LogP contribution in [-0.4, -0.2) is 30.6 Å². The number of Topliss-reactive ketones (excluding diaryl/α,β-unsaturated/α-hetero) is 2. The SMILES string of the molecule is COC(=O)C[C@@H]1C(C)(C)C(=O)[C@@H]2CC3=C4CC(=O)O[C@@H](c5ccoc5)[C@]4(C)CC[C@@H]3[C@@]1(C)C2=O. The van der Waals surface area contributed by atoms with Gasteiger partial charge in [0.2, 0.25) is 0 Å². The van der Waals surface area contributed by atoms with Crippen LogP contribution in [0.5, 0.6) is 0 Å². The molecule has 0 N–H and O–H groups in total. The zero-order valence-electron chi connectivity index (χ0n) is 20.4. The first-order valence-corrected chi connectivity index (χ1v) is 12.1. The van der Waals surface area contributed by atoms with E-state index in [4.69, 9.17) is 13.9 Å². The van der Waals surface area contributed by atoms with E-state index in [0.717, 1.165) is 29.6 Å². The number of allylic oxidation sites excluding steroid dienone is 1. The summed E-state index contributed by atoms with van der Waals surface area (Å²) in [6, 6.07) is 1.82. The van der Waals surface area contributed by atoms with Gasteiger partial charge >= 0.3 is 11.9 Å². The monoisotopic (exact) mass is 468 g/mol. The van der Waals surface area contributed by atoms with Crippen LogP contribution >= 0.6 is 0 Å². The molecule has 2 heterocycles. The second-order valence-corrected chi connectivity index (χ2v) is 11.4. The van der Waals surface area contributed by atoms with Crippen LogP contribution < -0.4 is 0 Å². The lowest BCUT2D eigenvalue weighted by Gasteiger charge is -2.61. The number of carbonyl (C=O) groups is 4. The van der Waals surface area contributed by atoms with Gasteiger partial charge in [0.05, 0.1) is 38.4 Å². The first-order chi connectivity index (χ1) is 16.0. The number of carbonyl (C=O) groups excluding carboxylic acids is 4. The number of methoxy groups -OCH3 is 1. The number of fused-ring (bicyclic) bond motifs is 5. The average molecular weight is 469 g/mol. The maximum Gasteiger partial charge on any atom is 0.310 e. The average Bonchev–Trinajstić information content (AvgIpc) is 3.32. The number of rotatable bonds is 3. The lowest BCUT2D eigenvalue weighted by molar-refractivity contribution is -0.172. The summed E-state index contributed by atoms with van der Waals surface area (Å²) in [5.74, 6) is -2.26. The fourth-order valence-electron chi connectivity index (χ4n) is 7.76. The van der Waals surface area contributed by atoms with Gasteiger partial charge in [-0.15, -0.1) is 0 Å². The van der Waals surface area contributed by atoms with Crippen molar-refractivity contribution < 1.29 is 33.1 Å². The Morgan fingerprint density at radius 1 is 1.15 bits per heavy atom. The molecule has 0 spiro atoms. The predicted molar refractivity (Wildman–Crippen MR) is 120 cm³/mol. The molecule has 2 bridgehead atoms. The van der Waals surface area contributed by atoms with Crippen molar-refractivity contribution in [2.75, 3.05) is 7.11 Å². The highest BCUT2D eigenvalue weighted by Crippen LogP contribution is 2.66. The van der Waals surface area contributed by atoms with Crippen LogP contribution in [0.1, 0.15) is 71.5 Å². The summed E-state index contributed by atoms with van der Waals surface area (Å²) in [6.07, 6.45) is 4.68. The Bertz CT molecular complexity index is 1110. The predicted octanol–water partition coefficient (Wildman–Crippen LogP) is 4.36. The van der Waals surface area contributed by atoms with Crippen LogP contribution in [0.2, 0.25) is 0 Å². The molecular weight excluding hydrogens is 436 g/mol. The van der Waals surface area contributed by atoms with Gasteiger partial charge in [0.25, 0.3) is 0 Å². The topological polar surface area (TPSA) is 99.9 Å². The van der Waals surface area contributed by atoms with E-state index in [-0.39, 0.29) is 36.3 Å². The molecule has 1 aromatic heterocycles. The first kappa shape index (κ1) is 23.1. The van der Waals surface area contributed by atoms with Gasteiger partial charge in [0, 0.05) is 21.8 Å². The summed E-state index contributed by atoms with van der Waals surface area (Å²) in [7, 11) is 1.33. The number of hydrogen-bond donors (Lipinski definition) is 0. The molecule has 3 fully saturated rings. The Kier molecular flexibility index (Phi) is 5.02. The van der Waals surface area contributed by atoms with Crippen LogP contribution in [0.25, 0.3) is 0 Å². The zero-order chi connectivity index (χ0) is 24.6. The van der Waals surface area contributed by atoms with Crippen molar-refractivity contribution in [1.29, 1.82) is 0 Å². The van der Waals surface area contributed by atoms with Crippen LogP contribution in [0.4, 0.5) is 0 Å². The van der Waals surface area contributed by atoms with Gasteiger partial charge in [-0.1, -0.05) is 33.3 Å². The third kappa shape index (κ3) is 2.88. The minimum atomic E-state index is -0.884. The summed E-state index contributed by atoms with van der Waals surface area (Å²) in [5.41, 5.74) is 0.703. The third-order valence-corrected chi connectivity index (χ3v) is 9.59. The van der Waals surface area contributed by atoms with Crippen LogP contribution in [0.3, 0.4) is 0 Å². The quantitative estimate of drug-likeness (QED) is 0.369. The normalized spacial score (nSPS) is 38.7. The van der Waals surface area contributed by atoms with E-state index < -0.39 is 40.2 Å². The fraction of sp³-hybridized carbons (Fsp3) is 0.630. The summed E-state index contributed by atoms with van der Waals surface area (Å²) in [4.78, 5) is 52.6. The highest BCUT2D eigenvalue weighted by molar-refractivity contribution is 6.11. The molecule has 0 unspecified atom stereocenters. The van der Waals surface area contributed by atoms with Crippen molar-refractivity contribution in [3.05, 3.63) is 35.3 Å². The minimum absolute atomic E-state index is 0.0142. The highest BCUT2D eigenvalue weighted by atomic mass is 16.5. The third-order valence-electron chi connectivity index (χ3n) is 9.59. The molecule has 1 aliphatic heterocycles. The molecule has 5 rings (SSSR count). The molecule has 4 aliphatic rings. The summed E-state index contributed by atoms with van der Waals surface area (Å²) >= 11 is 0. The molecule has 1 saturated heterocycles. The van der Waals surface area contributed by atoms with E-state index in [0.29, 0.717) is 6.42 Å². The lowest BCUT2D eigenvalue weighted by Crippen LogP contribution is -2.64. The number of cyclic esters (lactones) is 1. The highest BCUT2D eigenvalue weighted by Gasteiger charge is 2.67. The van der Waals surface area contributed by atoms with Gasteiger partial charge < -0.3 is 13.9 Å². The number of ketones is 2. The zero-order valence-corrected chi connectivity index (χ0v) is 20.4. The van der Waals surface area contributed by atoms with Gasteiger partial charge in [0.15, 0.2) is 0 Å². The van der Waals surface area contributed by atoms with Crippen LogP contribution in [-0.2, 0) is 28.7 Å². The van der Waals surface area contributed by atoms with Gasteiger partial charge in [0.1, 0.15) is 17.7 Å². The van der Waals surface area contributed by atoms with Gasteiger partial charge in [-0.05, 0) is 42.7 Å². The van der Waals surface area contributed by atoms with Crippen LogP contribution in [0.15, 0.2) is 34.2 Å². The molecule has 34 heavy (non-hydrogen) atoms. The molecule has 7 heteroatoms. The number of esters is 2. The first-order valence-electron chi connectivity index (χ1n) is 12.1. The van der Waals surface area contributed by atoms with Gasteiger partial charge in [-0.3, -0.25) is 19.2 Å². The van der Waals surface area contributed by atoms with E-state index in [2.05, 4.69) is 6.92 Å². The Morgan fingerprint density at radius 2 is 1.88 bits per heavy atom.